The molecule has 1 saturated carbocycles. The third-order valence-electron chi connectivity index (χ3n) is 5.03. The zero-order valence-electron chi connectivity index (χ0n) is 11.3. The van der Waals surface area contributed by atoms with E-state index in [0.717, 1.165) is 38.8 Å². The zero-order valence-corrected chi connectivity index (χ0v) is 11.3. The number of carbonyl (C=O) groups is 2. The Hall–Kier alpha value is -1.10. The largest absolute Gasteiger partial charge is 0.480 e. The van der Waals surface area contributed by atoms with Crippen molar-refractivity contribution in [3.8, 4) is 0 Å². The Kier molecular flexibility index (Phi) is 3.48. The molecule has 2 heterocycles. The van der Waals surface area contributed by atoms with Gasteiger partial charge >= 0.3 is 5.97 Å². The molecule has 1 N–H and O–H groups in total. The van der Waals surface area contributed by atoms with Gasteiger partial charge in [0.05, 0.1) is 6.54 Å². The summed E-state index contributed by atoms with van der Waals surface area (Å²) in [7, 11) is 0. The Bertz CT molecular complexity index is 381. The predicted octanol–water partition coefficient (Wildman–Crippen LogP) is 0.936. The maximum Gasteiger partial charge on any atom is 0.320 e. The lowest BCUT2D eigenvalue weighted by Crippen LogP contribution is -2.51. The van der Waals surface area contributed by atoms with E-state index in [0.29, 0.717) is 18.5 Å². The van der Waals surface area contributed by atoms with E-state index in [1.807, 2.05) is 9.80 Å². The van der Waals surface area contributed by atoms with E-state index in [1.165, 1.54) is 12.8 Å². The van der Waals surface area contributed by atoms with Crippen molar-refractivity contribution in [2.75, 3.05) is 19.6 Å². The lowest BCUT2D eigenvalue weighted by atomic mass is 9.85. The number of rotatable bonds is 3. The van der Waals surface area contributed by atoms with Crippen LogP contribution in [0, 0.1) is 5.92 Å². The van der Waals surface area contributed by atoms with Gasteiger partial charge in [-0.25, -0.2) is 0 Å². The van der Waals surface area contributed by atoms with Crippen LogP contribution in [-0.4, -0.2) is 58.5 Å². The maximum absolute atomic E-state index is 12.1. The summed E-state index contributed by atoms with van der Waals surface area (Å²) in [6.07, 6.45) is 6.38. The van der Waals surface area contributed by atoms with Crippen LogP contribution < -0.4 is 0 Å². The van der Waals surface area contributed by atoms with Crippen LogP contribution in [0.5, 0.6) is 0 Å². The highest BCUT2D eigenvalue weighted by Crippen LogP contribution is 2.39. The van der Waals surface area contributed by atoms with Crippen molar-refractivity contribution in [3.63, 3.8) is 0 Å². The number of fused-ring (bicyclic) bond motifs is 1. The average Bonchev–Trinajstić information content (AvgIpc) is 2.66. The molecule has 0 aromatic carbocycles. The van der Waals surface area contributed by atoms with Crippen molar-refractivity contribution in [2.24, 2.45) is 5.92 Å². The molecule has 0 aromatic rings. The van der Waals surface area contributed by atoms with Gasteiger partial charge in [-0.05, 0) is 31.6 Å². The van der Waals surface area contributed by atoms with E-state index < -0.39 is 12.0 Å². The Morgan fingerprint density at radius 3 is 2.47 bits per heavy atom. The van der Waals surface area contributed by atoms with E-state index in [-0.39, 0.29) is 5.91 Å². The number of amides is 1. The predicted molar refractivity (Wildman–Crippen MR) is 69.7 cm³/mol. The molecule has 106 valence electrons. The molecule has 2 aliphatic heterocycles. The summed E-state index contributed by atoms with van der Waals surface area (Å²) in [4.78, 5) is 27.4. The van der Waals surface area contributed by atoms with E-state index >= 15 is 0 Å². The molecule has 0 bridgehead atoms. The lowest BCUT2D eigenvalue weighted by molar-refractivity contribution is -0.145. The normalized spacial score (nSPS) is 34.7. The number of hydrogen-bond donors (Lipinski definition) is 1. The van der Waals surface area contributed by atoms with Crippen molar-refractivity contribution in [3.05, 3.63) is 0 Å². The molecule has 5 heteroatoms. The Morgan fingerprint density at radius 2 is 1.84 bits per heavy atom. The molecule has 3 rings (SSSR count). The number of likely N-dealkylation sites (tertiary alicyclic amines) is 2. The molecule has 0 aromatic heterocycles. The molecule has 2 saturated heterocycles. The number of carboxylic acid groups (broad SMARTS) is 1. The minimum absolute atomic E-state index is 0.115. The second-order valence-electron chi connectivity index (χ2n) is 6.11. The number of hydrogen-bond acceptors (Lipinski definition) is 3. The average molecular weight is 266 g/mol. The monoisotopic (exact) mass is 266 g/mol. The maximum atomic E-state index is 12.1. The van der Waals surface area contributed by atoms with Gasteiger partial charge in [0.2, 0.25) is 5.91 Å². The van der Waals surface area contributed by atoms with Crippen LogP contribution in [0.15, 0.2) is 0 Å². The molecule has 3 aliphatic rings. The summed E-state index contributed by atoms with van der Waals surface area (Å²) >= 11 is 0. The SMILES string of the molecule is O=C(O)C1CC2CCCCC2N1CC(=O)N1CCC1. The van der Waals surface area contributed by atoms with Gasteiger partial charge in [-0.15, -0.1) is 0 Å². The minimum atomic E-state index is -0.759. The van der Waals surface area contributed by atoms with Crippen LogP contribution in [0.2, 0.25) is 0 Å². The summed E-state index contributed by atoms with van der Waals surface area (Å²) in [6, 6.07) is -0.126. The molecule has 0 spiro atoms. The highest BCUT2D eigenvalue weighted by molar-refractivity contribution is 5.81. The first kappa shape index (κ1) is 12.9. The van der Waals surface area contributed by atoms with E-state index in [2.05, 4.69) is 0 Å². The van der Waals surface area contributed by atoms with Gasteiger partial charge in [-0.1, -0.05) is 12.8 Å². The Morgan fingerprint density at radius 1 is 1.11 bits per heavy atom. The molecule has 0 radical (unpaired) electrons. The lowest BCUT2D eigenvalue weighted by Gasteiger charge is -2.36. The van der Waals surface area contributed by atoms with Gasteiger partial charge in [0.25, 0.3) is 0 Å². The van der Waals surface area contributed by atoms with Crippen molar-refractivity contribution in [1.82, 2.24) is 9.80 Å². The molecular formula is C14H22N2O3. The van der Waals surface area contributed by atoms with Crippen LogP contribution in [0.4, 0.5) is 0 Å². The second kappa shape index (κ2) is 5.12. The van der Waals surface area contributed by atoms with Gasteiger partial charge < -0.3 is 10.0 Å². The third kappa shape index (κ3) is 2.36. The van der Waals surface area contributed by atoms with Crippen LogP contribution in [0.3, 0.4) is 0 Å². The first-order valence-electron chi connectivity index (χ1n) is 7.43. The quantitative estimate of drug-likeness (QED) is 0.825. The fourth-order valence-corrected chi connectivity index (χ4v) is 3.84. The van der Waals surface area contributed by atoms with Crippen molar-refractivity contribution >= 4 is 11.9 Å². The van der Waals surface area contributed by atoms with Gasteiger partial charge in [0, 0.05) is 19.1 Å². The fraction of sp³-hybridized carbons (Fsp3) is 0.857. The molecule has 1 amide bonds. The van der Waals surface area contributed by atoms with Crippen molar-refractivity contribution < 1.29 is 14.7 Å². The summed E-state index contributed by atoms with van der Waals surface area (Å²) in [5.41, 5.74) is 0. The summed E-state index contributed by atoms with van der Waals surface area (Å²) in [6.45, 7) is 2.00. The van der Waals surface area contributed by atoms with Crippen molar-refractivity contribution in [1.29, 1.82) is 0 Å². The van der Waals surface area contributed by atoms with Crippen LogP contribution >= 0.6 is 0 Å². The Balaban J connectivity index is 1.70. The first-order chi connectivity index (χ1) is 9.16. The minimum Gasteiger partial charge on any atom is -0.480 e. The molecule has 3 unspecified atom stereocenters. The van der Waals surface area contributed by atoms with E-state index in [1.54, 1.807) is 0 Å². The first-order valence-corrected chi connectivity index (χ1v) is 7.43. The molecule has 3 atom stereocenters. The van der Waals surface area contributed by atoms with Gasteiger partial charge in [0.15, 0.2) is 0 Å². The van der Waals surface area contributed by atoms with E-state index in [4.69, 9.17) is 0 Å². The number of nitrogens with zero attached hydrogens (tertiary/aromatic N) is 2. The third-order valence-corrected chi connectivity index (χ3v) is 5.03. The Labute approximate surface area is 113 Å². The summed E-state index contributed by atoms with van der Waals surface area (Å²) < 4.78 is 0. The van der Waals surface area contributed by atoms with Crippen LogP contribution in [0.1, 0.15) is 38.5 Å². The van der Waals surface area contributed by atoms with Crippen molar-refractivity contribution in [2.45, 2.75) is 50.6 Å². The van der Waals surface area contributed by atoms with Gasteiger partial charge in [-0.2, -0.15) is 0 Å². The summed E-state index contributed by atoms with van der Waals surface area (Å²) in [5.74, 6) is -0.159. The molecule has 1 aliphatic carbocycles. The zero-order chi connectivity index (χ0) is 13.4. The van der Waals surface area contributed by atoms with Crippen LogP contribution in [0.25, 0.3) is 0 Å². The fourth-order valence-electron chi connectivity index (χ4n) is 3.84. The standard InChI is InChI=1S/C14H22N2O3/c17-13(15-6-3-7-15)9-16-11-5-2-1-4-10(11)8-12(16)14(18)19/h10-12H,1-9H2,(H,18,19). The number of carboxylic acids is 1. The second-order valence-corrected chi connectivity index (χ2v) is 6.11. The topological polar surface area (TPSA) is 60.9 Å². The molecular weight excluding hydrogens is 244 g/mol. The van der Waals surface area contributed by atoms with Crippen LogP contribution in [-0.2, 0) is 9.59 Å². The van der Waals surface area contributed by atoms with E-state index in [9.17, 15) is 14.7 Å². The highest BCUT2D eigenvalue weighted by atomic mass is 16.4. The number of carbonyl (C=O) groups excluding carboxylic acids is 1. The molecule has 3 fully saturated rings. The molecule has 19 heavy (non-hydrogen) atoms. The number of aliphatic carboxylic acids is 1. The summed E-state index contributed by atoms with van der Waals surface area (Å²) in [5, 5.41) is 9.39. The van der Waals surface area contributed by atoms with Gasteiger partial charge in [0.1, 0.15) is 6.04 Å². The highest BCUT2D eigenvalue weighted by Gasteiger charge is 2.46. The smallest absolute Gasteiger partial charge is 0.320 e. The van der Waals surface area contributed by atoms with Gasteiger partial charge in [-0.3, -0.25) is 14.5 Å². The molecule has 5 nitrogen and oxygen atoms in total.